The van der Waals surface area contributed by atoms with Gasteiger partial charge in [0.1, 0.15) is 6.10 Å². The molecule has 0 bridgehead atoms. The van der Waals surface area contributed by atoms with E-state index in [-0.39, 0.29) is 25.7 Å². The molecule has 0 aromatic rings. The number of hydrogen-bond acceptors (Lipinski definition) is 7. The van der Waals surface area contributed by atoms with Gasteiger partial charge in [0.2, 0.25) is 0 Å². The maximum absolute atomic E-state index is 13.5. The van der Waals surface area contributed by atoms with E-state index >= 15 is 0 Å². The van der Waals surface area contributed by atoms with Crippen molar-refractivity contribution >= 4 is 17.9 Å². The molecule has 0 aliphatic heterocycles. The third kappa shape index (κ3) is 33.1. The van der Waals surface area contributed by atoms with Crippen LogP contribution in [-0.4, -0.2) is 41.0 Å². The topological polar surface area (TPSA) is 99.1 Å². The van der Waals surface area contributed by atoms with Crippen LogP contribution >= 0.6 is 0 Å². The van der Waals surface area contributed by atoms with Gasteiger partial charge in [-0.05, 0) is 32.6 Å². The predicted octanol–water partition coefficient (Wildman–Crippen LogP) is 15.7. The average molecular weight is 823 g/mol. The Bertz CT molecular complexity index is 881. The molecule has 58 heavy (non-hydrogen) atoms. The summed E-state index contributed by atoms with van der Waals surface area (Å²) in [6, 6.07) is 0. The number of aliphatic hydroxyl groups excluding tert-OH is 1. The molecule has 0 aliphatic carbocycles. The Hall–Kier alpha value is -1.63. The first kappa shape index (κ1) is 56.4. The molecule has 0 rings (SSSR count). The van der Waals surface area contributed by atoms with Gasteiger partial charge >= 0.3 is 23.7 Å². The number of esters is 3. The monoisotopic (exact) mass is 823 g/mol. The molecule has 0 aliphatic rings. The molecule has 0 radical (unpaired) electrons. The summed E-state index contributed by atoms with van der Waals surface area (Å²) < 4.78 is 18.0. The van der Waals surface area contributed by atoms with Crippen molar-refractivity contribution in [2.45, 2.75) is 309 Å². The molecule has 0 fully saturated rings. The molecule has 0 amide bonds. The molecule has 2 atom stereocenters. The van der Waals surface area contributed by atoms with Crippen LogP contribution in [0.2, 0.25) is 0 Å². The summed E-state index contributed by atoms with van der Waals surface area (Å²) in [6.07, 6.45) is 39.6. The molecule has 1 N–H and O–H groups in total. The van der Waals surface area contributed by atoms with Gasteiger partial charge in [-0.15, -0.1) is 0 Å². The zero-order chi connectivity index (χ0) is 42.8. The highest BCUT2D eigenvalue weighted by atomic mass is 16.8. The Kier molecular flexibility index (Phi) is 40.9. The normalized spacial score (nSPS) is 12.7. The maximum Gasteiger partial charge on any atom is 0.319 e. The number of ether oxygens (including phenoxy) is 3. The summed E-state index contributed by atoms with van der Waals surface area (Å²) in [5, 5.41) is 11.7. The van der Waals surface area contributed by atoms with Crippen molar-refractivity contribution in [3.05, 3.63) is 0 Å². The van der Waals surface area contributed by atoms with E-state index in [2.05, 4.69) is 27.7 Å². The molecule has 7 heteroatoms. The molecule has 0 saturated heterocycles. The van der Waals surface area contributed by atoms with Crippen molar-refractivity contribution in [2.24, 2.45) is 0 Å². The number of aliphatic hydroxyl groups is 1. The molecular formula is C51H98O7. The fraction of sp³-hybridized carbons (Fsp3) is 0.941. The standard InChI is InChI=1S/C51H98O7/c1-6-10-14-17-20-23-26-29-32-35-39-43-48(53)56-46(5)51(47(52)42-38-13-9-4,57-49(54)44-40-36-33-30-27-24-21-18-15-11-7-2)58-50(55)45-41-37-34-31-28-25-22-19-16-12-8-3/h46-47,52H,6-45H2,1-5H3. The summed E-state index contributed by atoms with van der Waals surface area (Å²) in [5.41, 5.74) is 0. The Labute approximate surface area is 360 Å². The van der Waals surface area contributed by atoms with Gasteiger partial charge in [-0.25, -0.2) is 0 Å². The summed E-state index contributed by atoms with van der Waals surface area (Å²) in [5.74, 6) is -3.55. The van der Waals surface area contributed by atoms with Gasteiger partial charge in [0.05, 0.1) is 0 Å². The molecule has 0 spiro atoms. The van der Waals surface area contributed by atoms with Gasteiger partial charge in [-0.2, -0.15) is 0 Å². The van der Waals surface area contributed by atoms with Gasteiger partial charge in [0, 0.05) is 19.3 Å². The molecular weight excluding hydrogens is 725 g/mol. The average Bonchev–Trinajstić information content (AvgIpc) is 3.20. The van der Waals surface area contributed by atoms with Crippen LogP contribution in [0.1, 0.15) is 291 Å². The van der Waals surface area contributed by atoms with Crippen molar-refractivity contribution in [3.63, 3.8) is 0 Å². The van der Waals surface area contributed by atoms with Crippen LogP contribution in [0, 0.1) is 0 Å². The second-order valence-electron chi connectivity index (χ2n) is 17.7. The van der Waals surface area contributed by atoms with Crippen molar-refractivity contribution < 1.29 is 33.7 Å². The second kappa shape index (κ2) is 42.1. The zero-order valence-electron chi connectivity index (χ0n) is 39.3. The Balaban J connectivity index is 5.35. The Morgan fingerprint density at radius 1 is 0.379 bits per heavy atom. The van der Waals surface area contributed by atoms with Gasteiger partial charge < -0.3 is 19.3 Å². The van der Waals surface area contributed by atoms with Crippen LogP contribution < -0.4 is 0 Å². The van der Waals surface area contributed by atoms with E-state index in [0.717, 1.165) is 64.2 Å². The number of hydrogen-bond donors (Lipinski definition) is 1. The van der Waals surface area contributed by atoms with Gasteiger partial charge in [-0.3, -0.25) is 14.4 Å². The fourth-order valence-corrected chi connectivity index (χ4v) is 7.98. The lowest BCUT2D eigenvalue weighted by Crippen LogP contribution is -2.58. The summed E-state index contributed by atoms with van der Waals surface area (Å²) in [6.45, 7) is 10.4. The predicted molar refractivity (Wildman–Crippen MR) is 244 cm³/mol. The van der Waals surface area contributed by atoms with Gasteiger partial charge in [0.15, 0.2) is 6.10 Å². The first-order valence-electron chi connectivity index (χ1n) is 25.6. The first-order chi connectivity index (χ1) is 28.3. The van der Waals surface area contributed by atoms with Crippen molar-refractivity contribution in [2.75, 3.05) is 0 Å². The van der Waals surface area contributed by atoms with Crippen LogP contribution in [0.3, 0.4) is 0 Å². The number of carbonyl (C=O) groups excluding carboxylic acids is 3. The third-order valence-electron chi connectivity index (χ3n) is 11.9. The number of carbonyl (C=O) groups is 3. The van der Waals surface area contributed by atoms with Crippen molar-refractivity contribution in [3.8, 4) is 0 Å². The van der Waals surface area contributed by atoms with Crippen molar-refractivity contribution in [1.82, 2.24) is 0 Å². The minimum Gasteiger partial charge on any atom is -0.454 e. The Morgan fingerprint density at radius 3 is 0.914 bits per heavy atom. The highest BCUT2D eigenvalue weighted by molar-refractivity contribution is 5.73. The second-order valence-corrected chi connectivity index (χ2v) is 17.7. The third-order valence-corrected chi connectivity index (χ3v) is 11.9. The van der Waals surface area contributed by atoms with Crippen LogP contribution in [0.4, 0.5) is 0 Å². The highest BCUT2D eigenvalue weighted by Crippen LogP contribution is 2.32. The van der Waals surface area contributed by atoms with E-state index in [9.17, 15) is 19.5 Å². The molecule has 0 aromatic heterocycles. The van der Waals surface area contributed by atoms with E-state index in [0.29, 0.717) is 25.7 Å². The van der Waals surface area contributed by atoms with Gasteiger partial charge in [0.25, 0.3) is 0 Å². The van der Waals surface area contributed by atoms with E-state index < -0.39 is 35.9 Å². The lowest BCUT2D eigenvalue weighted by molar-refractivity contribution is -0.296. The molecule has 0 heterocycles. The van der Waals surface area contributed by atoms with Crippen LogP contribution in [0.25, 0.3) is 0 Å². The smallest absolute Gasteiger partial charge is 0.319 e. The largest absolute Gasteiger partial charge is 0.454 e. The number of unbranched alkanes of at least 4 members (excludes halogenated alkanes) is 32. The summed E-state index contributed by atoms with van der Waals surface area (Å²) in [7, 11) is 0. The van der Waals surface area contributed by atoms with E-state index in [1.807, 2.05) is 0 Å². The summed E-state index contributed by atoms with van der Waals surface area (Å²) >= 11 is 0. The van der Waals surface area contributed by atoms with Crippen molar-refractivity contribution in [1.29, 1.82) is 0 Å². The molecule has 344 valence electrons. The fourth-order valence-electron chi connectivity index (χ4n) is 7.98. The van der Waals surface area contributed by atoms with Gasteiger partial charge in [-0.1, -0.05) is 240 Å². The minimum absolute atomic E-state index is 0.163. The highest BCUT2D eigenvalue weighted by Gasteiger charge is 2.52. The number of rotatable bonds is 45. The van der Waals surface area contributed by atoms with E-state index in [1.54, 1.807) is 6.92 Å². The van der Waals surface area contributed by atoms with E-state index in [1.165, 1.54) is 141 Å². The minimum atomic E-state index is -2.08. The maximum atomic E-state index is 13.5. The molecule has 0 saturated carbocycles. The quantitative estimate of drug-likeness (QED) is 0.0371. The lowest BCUT2D eigenvalue weighted by Gasteiger charge is -2.40. The van der Waals surface area contributed by atoms with Crippen LogP contribution in [0.5, 0.6) is 0 Å². The zero-order valence-corrected chi connectivity index (χ0v) is 39.3. The van der Waals surface area contributed by atoms with Crippen LogP contribution in [-0.2, 0) is 28.6 Å². The SMILES string of the molecule is CCCCCCCCCCCCCC(=O)OC(C)C(OC(=O)CCCCCCCCCCCCC)(OC(=O)CCCCCCCCCCCCC)C(O)CCCCC. The Morgan fingerprint density at radius 2 is 0.621 bits per heavy atom. The first-order valence-corrected chi connectivity index (χ1v) is 25.6. The molecule has 2 unspecified atom stereocenters. The molecule has 0 aromatic carbocycles. The lowest BCUT2D eigenvalue weighted by atomic mass is 9.97. The molecule has 7 nitrogen and oxygen atoms in total. The summed E-state index contributed by atoms with van der Waals surface area (Å²) in [4.78, 5) is 40.2. The van der Waals surface area contributed by atoms with E-state index in [4.69, 9.17) is 14.2 Å². The van der Waals surface area contributed by atoms with Crippen LogP contribution in [0.15, 0.2) is 0 Å².